The molecule has 0 aliphatic carbocycles. The number of nitrogens with zero attached hydrogens (tertiary/aromatic N) is 3. The van der Waals surface area contributed by atoms with E-state index in [2.05, 4.69) is 48.6 Å². The van der Waals surface area contributed by atoms with E-state index in [4.69, 9.17) is 15.2 Å². The maximum absolute atomic E-state index is 6.30. The van der Waals surface area contributed by atoms with Gasteiger partial charge in [-0.3, -0.25) is 0 Å². The zero-order valence-corrected chi connectivity index (χ0v) is 17.6. The van der Waals surface area contributed by atoms with Crippen molar-refractivity contribution >= 4 is 11.6 Å². The van der Waals surface area contributed by atoms with Gasteiger partial charge in [0.2, 0.25) is 5.88 Å². The number of aliphatic imine (C=N–C) groups is 1. The zero-order chi connectivity index (χ0) is 20.8. The summed E-state index contributed by atoms with van der Waals surface area (Å²) in [7, 11) is 0. The lowest BCUT2D eigenvalue weighted by Crippen LogP contribution is -2.49. The molecule has 154 valence electrons. The van der Waals surface area contributed by atoms with Crippen LogP contribution in [-0.2, 0) is 11.3 Å². The van der Waals surface area contributed by atoms with Crippen LogP contribution < -0.4 is 10.5 Å². The predicted molar refractivity (Wildman–Crippen MR) is 116 cm³/mol. The summed E-state index contributed by atoms with van der Waals surface area (Å²) in [6.07, 6.45) is 3.80. The molecule has 2 heterocycles. The summed E-state index contributed by atoms with van der Waals surface area (Å²) in [5.74, 6) is 2.16. The van der Waals surface area contributed by atoms with Crippen LogP contribution >= 0.6 is 0 Å². The van der Waals surface area contributed by atoms with Crippen molar-refractivity contribution in [2.75, 3.05) is 13.2 Å². The lowest BCUT2D eigenvalue weighted by atomic mass is 10.0. The third-order valence-electron chi connectivity index (χ3n) is 4.84. The summed E-state index contributed by atoms with van der Waals surface area (Å²) in [5, 5.41) is 0. The molecular formula is C23H30N4O2. The second-order valence-corrected chi connectivity index (χ2v) is 7.79. The summed E-state index contributed by atoms with van der Waals surface area (Å²) in [6.45, 7) is 10.3. The Kier molecular flexibility index (Phi) is 6.88. The van der Waals surface area contributed by atoms with Gasteiger partial charge in [0, 0.05) is 18.2 Å². The van der Waals surface area contributed by atoms with Gasteiger partial charge >= 0.3 is 0 Å². The van der Waals surface area contributed by atoms with Crippen molar-refractivity contribution in [3.63, 3.8) is 0 Å². The molecule has 1 aromatic carbocycles. The Morgan fingerprint density at radius 3 is 2.69 bits per heavy atom. The third-order valence-corrected chi connectivity index (χ3v) is 4.84. The topological polar surface area (TPSA) is 73.0 Å². The number of pyridine rings is 1. The lowest BCUT2D eigenvalue weighted by Gasteiger charge is -2.37. The molecule has 3 rings (SSSR count). The SMILES string of the molecule is CC(C)=CCOCC(C(C)C)N1Cc2cc(Oc3ccccc3)ncc2N=C1N. The van der Waals surface area contributed by atoms with Crippen LogP contribution in [-0.4, -0.2) is 35.1 Å². The van der Waals surface area contributed by atoms with Gasteiger partial charge in [0.25, 0.3) is 0 Å². The Hall–Kier alpha value is -2.86. The lowest BCUT2D eigenvalue weighted by molar-refractivity contribution is 0.0787. The van der Waals surface area contributed by atoms with E-state index < -0.39 is 0 Å². The van der Waals surface area contributed by atoms with Crippen LogP contribution in [0.4, 0.5) is 5.69 Å². The standard InChI is InChI=1S/C23H30N4O2/c1-16(2)10-11-28-15-21(17(3)4)27-14-18-12-22(25-13-20(18)26-23(27)24)29-19-8-6-5-7-9-19/h5-10,12-13,17,21H,11,14-15H2,1-4H3,(H2,24,26). The number of rotatable bonds is 8. The highest BCUT2D eigenvalue weighted by atomic mass is 16.5. The molecule has 0 radical (unpaired) electrons. The molecular weight excluding hydrogens is 364 g/mol. The van der Waals surface area contributed by atoms with E-state index in [1.165, 1.54) is 5.57 Å². The van der Waals surface area contributed by atoms with E-state index in [1.54, 1.807) is 6.20 Å². The van der Waals surface area contributed by atoms with Crippen molar-refractivity contribution in [3.05, 3.63) is 59.8 Å². The number of nitrogens with two attached hydrogens (primary N) is 1. The molecule has 0 saturated carbocycles. The Labute approximate surface area is 173 Å². The van der Waals surface area contributed by atoms with Crippen molar-refractivity contribution in [2.45, 2.75) is 40.3 Å². The van der Waals surface area contributed by atoms with E-state index >= 15 is 0 Å². The average molecular weight is 395 g/mol. The van der Waals surface area contributed by atoms with Gasteiger partial charge in [-0.2, -0.15) is 0 Å². The fourth-order valence-electron chi connectivity index (χ4n) is 3.16. The molecule has 6 heteroatoms. The minimum Gasteiger partial charge on any atom is -0.439 e. The Bertz CT molecular complexity index is 874. The molecule has 0 amide bonds. The van der Waals surface area contributed by atoms with Gasteiger partial charge in [0.15, 0.2) is 5.96 Å². The van der Waals surface area contributed by atoms with Crippen molar-refractivity contribution in [3.8, 4) is 11.6 Å². The fourth-order valence-corrected chi connectivity index (χ4v) is 3.16. The maximum atomic E-state index is 6.30. The second kappa shape index (κ2) is 9.56. The van der Waals surface area contributed by atoms with E-state index in [0.29, 0.717) is 37.5 Å². The first kappa shape index (κ1) is 20.9. The number of guanidine groups is 1. The first-order chi connectivity index (χ1) is 13.9. The van der Waals surface area contributed by atoms with Crippen molar-refractivity contribution in [1.29, 1.82) is 0 Å². The van der Waals surface area contributed by atoms with Crippen LogP contribution in [0.2, 0.25) is 0 Å². The molecule has 1 aliphatic heterocycles. The van der Waals surface area contributed by atoms with Gasteiger partial charge in [-0.25, -0.2) is 9.98 Å². The summed E-state index contributed by atoms with van der Waals surface area (Å²) in [6, 6.07) is 11.7. The molecule has 0 saturated heterocycles. The summed E-state index contributed by atoms with van der Waals surface area (Å²) in [4.78, 5) is 11.1. The first-order valence-electron chi connectivity index (χ1n) is 9.97. The third kappa shape index (κ3) is 5.57. The van der Waals surface area contributed by atoms with Gasteiger partial charge in [-0.1, -0.05) is 43.7 Å². The molecule has 0 bridgehead atoms. The van der Waals surface area contributed by atoms with Crippen molar-refractivity contribution in [1.82, 2.24) is 9.88 Å². The number of aromatic nitrogens is 1. The van der Waals surface area contributed by atoms with Gasteiger partial charge in [-0.15, -0.1) is 0 Å². The molecule has 6 nitrogen and oxygen atoms in total. The van der Waals surface area contributed by atoms with E-state index in [0.717, 1.165) is 17.0 Å². The number of hydrogen-bond donors (Lipinski definition) is 1. The number of fused-ring (bicyclic) bond motifs is 1. The van der Waals surface area contributed by atoms with Gasteiger partial charge in [0.1, 0.15) is 5.75 Å². The van der Waals surface area contributed by atoms with Gasteiger partial charge in [0.05, 0.1) is 31.1 Å². The summed E-state index contributed by atoms with van der Waals surface area (Å²) >= 11 is 0. The van der Waals surface area contributed by atoms with E-state index in [1.807, 2.05) is 36.4 Å². The van der Waals surface area contributed by atoms with Crippen LogP contribution in [0.3, 0.4) is 0 Å². The average Bonchev–Trinajstić information content (AvgIpc) is 2.68. The highest BCUT2D eigenvalue weighted by Gasteiger charge is 2.28. The highest BCUT2D eigenvalue weighted by Crippen LogP contribution is 2.31. The Morgan fingerprint density at radius 1 is 1.24 bits per heavy atom. The predicted octanol–water partition coefficient (Wildman–Crippen LogP) is 4.64. The van der Waals surface area contributed by atoms with Crippen LogP contribution in [0, 0.1) is 5.92 Å². The van der Waals surface area contributed by atoms with Crippen LogP contribution in [0.15, 0.2) is 59.2 Å². The minimum atomic E-state index is 0.129. The molecule has 0 spiro atoms. The second-order valence-electron chi connectivity index (χ2n) is 7.79. The minimum absolute atomic E-state index is 0.129. The van der Waals surface area contributed by atoms with Crippen molar-refractivity contribution in [2.24, 2.45) is 16.6 Å². The highest BCUT2D eigenvalue weighted by molar-refractivity contribution is 5.83. The molecule has 1 aromatic heterocycles. The summed E-state index contributed by atoms with van der Waals surface area (Å²) < 4.78 is 11.8. The van der Waals surface area contributed by atoms with E-state index in [9.17, 15) is 0 Å². The number of para-hydroxylation sites is 1. The monoisotopic (exact) mass is 394 g/mol. The number of benzene rings is 1. The molecule has 0 fully saturated rings. The van der Waals surface area contributed by atoms with Crippen molar-refractivity contribution < 1.29 is 9.47 Å². The quantitative estimate of drug-likeness (QED) is 0.521. The molecule has 1 unspecified atom stereocenters. The molecule has 1 aliphatic rings. The number of hydrogen-bond acceptors (Lipinski definition) is 6. The van der Waals surface area contributed by atoms with E-state index in [-0.39, 0.29) is 6.04 Å². The number of allylic oxidation sites excluding steroid dienone is 1. The largest absolute Gasteiger partial charge is 0.439 e. The fraction of sp³-hybridized carbons (Fsp3) is 0.391. The van der Waals surface area contributed by atoms with Gasteiger partial charge < -0.3 is 20.1 Å². The first-order valence-corrected chi connectivity index (χ1v) is 9.97. The maximum Gasteiger partial charge on any atom is 0.219 e. The normalized spacial score (nSPS) is 14.2. The number of ether oxygens (including phenoxy) is 2. The van der Waals surface area contributed by atoms with Crippen LogP contribution in [0.5, 0.6) is 11.6 Å². The Morgan fingerprint density at radius 2 is 2.00 bits per heavy atom. The van der Waals surface area contributed by atoms with Crippen LogP contribution in [0.1, 0.15) is 33.3 Å². The molecule has 2 N–H and O–H groups in total. The molecule has 29 heavy (non-hydrogen) atoms. The Balaban J connectivity index is 1.75. The van der Waals surface area contributed by atoms with Gasteiger partial charge in [-0.05, 0) is 31.9 Å². The molecule has 2 aromatic rings. The molecule has 1 atom stereocenters. The van der Waals surface area contributed by atoms with Crippen LogP contribution in [0.25, 0.3) is 0 Å². The zero-order valence-electron chi connectivity index (χ0n) is 17.6. The smallest absolute Gasteiger partial charge is 0.219 e. The summed E-state index contributed by atoms with van der Waals surface area (Å²) in [5.41, 5.74) is 9.37.